The summed E-state index contributed by atoms with van der Waals surface area (Å²) in [5.74, 6) is -0.120. The van der Waals surface area contributed by atoms with Gasteiger partial charge in [-0.25, -0.2) is 0 Å². The Kier molecular flexibility index (Phi) is 3.40. The highest BCUT2D eigenvalue weighted by molar-refractivity contribution is 5.96. The van der Waals surface area contributed by atoms with Gasteiger partial charge < -0.3 is 9.64 Å². The van der Waals surface area contributed by atoms with E-state index in [4.69, 9.17) is 10.00 Å². The predicted octanol–water partition coefficient (Wildman–Crippen LogP) is 1.64. The molecule has 0 bridgehead atoms. The summed E-state index contributed by atoms with van der Waals surface area (Å²) in [4.78, 5) is 13.4. The van der Waals surface area contributed by atoms with Crippen molar-refractivity contribution >= 4 is 11.6 Å². The summed E-state index contributed by atoms with van der Waals surface area (Å²) in [7, 11) is 1.66. The Morgan fingerprint density at radius 2 is 2.41 bits per heavy atom. The van der Waals surface area contributed by atoms with Crippen molar-refractivity contribution in [1.29, 1.82) is 5.26 Å². The third-order valence-corrected chi connectivity index (χ3v) is 2.88. The smallest absolute Gasteiger partial charge is 0.241 e. The highest BCUT2D eigenvalue weighted by atomic mass is 16.5. The van der Waals surface area contributed by atoms with E-state index in [0.29, 0.717) is 13.2 Å². The van der Waals surface area contributed by atoms with Gasteiger partial charge in [-0.1, -0.05) is 12.1 Å². The Bertz CT molecular complexity index is 477. The Hall–Kier alpha value is -1.86. The summed E-state index contributed by atoms with van der Waals surface area (Å²) in [6.07, 6.45) is 0.795. The number of anilines is 1. The first kappa shape index (κ1) is 11.6. The van der Waals surface area contributed by atoms with Crippen molar-refractivity contribution in [1.82, 2.24) is 0 Å². The van der Waals surface area contributed by atoms with E-state index >= 15 is 0 Å². The molecule has 1 heterocycles. The van der Waals surface area contributed by atoms with Crippen molar-refractivity contribution in [2.45, 2.75) is 19.4 Å². The van der Waals surface area contributed by atoms with Crippen molar-refractivity contribution in [2.24, 2.45) is 0 Å². The van der Waals surface area contributed by atoms with E-state index in [0.717, 1.165) is 23.2 Å². The zero-order chi connectivity index (χ0) is 12.3. The average Bonchev–Trinajstić information content (AvgIpc) is 2.73. The molecule has 0 atom stereocenters. The Balaban J connectivity index is 2.22. The maximum Gasteiger partial charge on any atom is 0.241 e. The highest BCUT2D eigenvalue weighted by Crippen LogP contribution is 2.29. The molecule has 0 saturated carbocycles. The molecule has 0 aromatic heterocycles. The number of nitrogens with zero attached hydrogens (tertiary/aromatic N) is 2. The van der Waals surface area contributed by atoms with Crippen LogP contribution in [-0.2, 0) is 22.6 Å². The summed E-state index contributed by atoms with van der Waals surface area (Å²) < 4.78 is 5.08. The van der Waals surface area contributed by atoms with Gasteiger partial charge in [0.15, 0.2) is 0 Å². The third kappa shape index (κ3) is 2.29. The fraction of sp³-hybridized carbons (Fsp3) is 0.385. The van der Waals surface area contributed by atoms with Gasteiger partial charge in [0.25, 0.3) is 0 Å². The normalized spacial score (nSPS) is 13.3. The van der Waals surface area contributed by atoms with Crippen molar-refractivity contribution in [3.05, 3.63) is 29.3 Å². The number of hydrogen-bond donors (Lipinski definition) is 0. The third-order valence-electron chi connectivity index (χ3n) is 2.88. The molecule has 1 aromatic rings. The lowest BCUT2D eigenvalue weighted by atomic mass is 10.1. The largest absolute Gasteiger partial charge is 0.380 e. The van der Waals surface area contributed by atoms with Crippen molar-refractivity contribution < 1.29 is 9.53 Å². The fourth-order valence-corrected chi connectivity index (χ4v) is 2.13. The van der Waals surface area contributed by atoms with Crippen LogP contribution in [0.2, 0.25) is 0 Å². The molecule has 88 valence electrons. The molecular formula is C13H14N2O2. The summed E-state index contributed by atoms with van der Waals surface area (Å²) in [6, 6.07) is 7.86. The van der Waals surface area contributed by atoms with E-state index in [1.54, 1.807) is 12.0 Å². The van der Waals surface area contributed by atoms with Crippen LogP contribution in [0.3, 0.4) is 0 Å². The molecule has 0 unspecified atom stereocenters. The summed E-state index contributed by atoms with van der Waals surface area (Å²) in [6.45, 7) is 1.26. The highest BCUT2D eigenvalue weighted by Gasteiger charge is 2.24. The van der Waals surface area contributed by atoms with Gasteiger partial charge in [0.05, 0.1) is 12.7 Å². The second-order valence-electron chi connectivity index (χ2n) is 4.03. The van der Waals surface area contributed by atoms with Crippen LogP contribution in [0.15, 0.2) is 18.2 Å². The molecule has 4 heteroatoms. The molecule has 1 aliphatic heterocycles. The van der Waals surface area contributed by atoms with E-state index in [1.807, 2.05) is 18.2 Å². The number of methoxy groups -OCH3 is 1. The minimum Gasteiger partial charge on any atom is -0.380 e. The van der Waals surface area contributed by atoms with Crippen LogP contribution in [0.1, 0.15) is 17.5 Å². The van der Waals surface area contributed by atoms with Crippen LogP contribution in [0, 0.1) is 11.3 Å². The van der Waals surface area contributed by atoms with Crippen molar-refractivity contribution in [2.75, 3.05) is 18.6 Å². The first-order valence-electron chi connectivity index (χ1n) is 5.54. The second kappa shape index (κ2) is 4.98. The van der Waals surface area contributed by atoms with Gasteiger partial charge in [0, 0.05) is 19.3 Å². The molecule has 0 fully saturated rings. The molecular weight excluding hydrogens is 216 g/mol. The van der Waals surface area contributed by atoms with E-state index in [9.17, 15) is 4.79 Å². The SMILES string of the molecule is COCc1ccc2c(c1)CCN2C(=O)CC#N. The Morgan fingerprint density at radius 3 is 3.12 bits per heavy atom. The number of rotatable bonds is 3. The number of amides is 1. The summed E-state index contributed by atoms with van der Waals surface area (Å²) in [5.41, 5.74) is 3.21. The van der Waals surface area contributed by atoms with Crippen LogP contribution >= 0.6 is 0 Å². The van der Waals surface area contributed by atoms with Gasteiger partial charge in [-0.2, -0.15) is 5.26 Å². The number of benzene rings is 1. The van der Waals surface area contributed by atoms with Gasteiger partial charge in [-0.05, 0) is 23.6 Å². The number of carbonyl (C=O) groups excluding carboxylic acids is 1. The summed E-state index contributed by atoms with van der Waals surface area (Å²) in [5, 5.41) is 8.55. The van der Waals surface area contributed by atoms with Crippen LogP contribution in [0.5, 0.6) is 0 Å². The molecule has 1 aliphatic rings. The molecule has 0 saturated heterocycles. The lowest BCUT2D eigenvalue weighted by molar-refractivity contribution is -0.117. The maximum atomic E-state index is 11.7. The van der Waals surface area contributed by atoms with E-state index in [-0.39, 0.29) is 12.3 Å². The monoisotopic (exact) mass is 230 g/mol. The van der Waals surface area contributed by atoms with E-state index < -0.39 is 0 Å². The second-order valence-corrected chi connectivity index (χ2v) is 4.03. The van der Waals surface area contributed by atoms with Gasteiger partial charge in [0.2, 0.25) is 5.91 Å². The van der Waals surface area contributed by atoms with Gasteiger partial charge in [-0.3, -0.25) is 4.79 Å². The molecule has 17 heavy (non-hydrogen) atoms. The Morgan fingerprint density at radius 1 is 1.59 bits per heavy atom. The van der Waals surface area contributed by atoms with Crippen molar-refractivity contribution in [3.63, 3.8) is 0 Å². The molecule has 1 amide bonds. The lowest BCUT2D eigenvalue weighted by Gasteiger charge is -2.15. The average molecular weight is 230 g/mol. The minimum absolute atomic E-state index is 0.0563. The van der Waals surface area contributed by atoms with Gasteiger partial charge in [-0.15, -0.1) is 0 Å². The lowest BCUT2D eigenvalue weighted by Crippen LogP contribution is -2.28. The van der Waals surface area contributed by atoms with Gasteiger partial charge in [0.1, 0.15) is 6.42 Å². The first-order chi connectivity index (χ1) is 8.26. The first-order valence-corrected chi connectivity index (χ1v) is 5.54. The number of fused-ring (bicyclic) bond motifs is 1. The molecule has 1 aromatic carbocycles. The summed E-state index contributed by atoms with van der Waals surface area (Å²) >= 11 is 0. The number of nitriles is 1. The fourth-order valence-electron chi connectivity index (χ4n) is 2.13. The molecule has 2 rings (SSSR count). The van der Waals surface area contributed by atoms with Crippen LogP contribution in [-0.4, -0.2) is 19.6 Å². The molecule has 0 N–H and O–H groups in total. The van der Waals surface area contributed by atoms with Crippen molar-refractivity contribution in [3.8, 4) is 6.07 Å². The van der Waals surface area contributed by atoms with Crippen LogP contribution in [0.25, 0.3) is 0 Å². The number of hydrogen-bond acceptors (Lipinski definition) is 3. The van der Waals surface area contributed by atoms with E-state index in [1.165, 1.54) is 0 Å². The zero-order valence-corrected chi connectivity index (χ0v) is 9.77. The molecule has 4 nitrogen and oxygen atoms in total. The van der Waals surface area contributed by atoms with Crippen LogP contribution in [0.4, 0.5) is 5.69 Å². The quantitative estimate of drug-likeness (QED) is 0.793. The zero-order valence-electron chi connectivity index (χ0n) is 9.77. The maximum absolute atomic E-state index is 11.7. The number of carbonyl (C=O) groups is 1. The molecule has 0 spiro atoms. The minimum atomic E-state index is -0.120. The topological polar surface area (TPSA) is 53.3 Å². The standard InChI is InChI=1S/C13H14N2O2/c1-17-9-10-2-3-12-11(8-10)5-7-15(12)13(16)4-6-14/h2-3,8H,4-5,7,9H2,1H3. The molecule has 0 radical (unpaired) electrons. The molecule has 0 aliphatic carbocycles. The Labute approximate surface area is 100 Å². The van der Waals surface area contributed by atoms with E-state index in [2.05, 4.69) is 6.07 Å². The number of ether oxygens (including phenoxy) is 1. The van der Waals surface area contributed by atoms with Gasteiger partial charge >= 0.3 is 0 Å². The predicted molar refractivity (Wildman–Crippen MR) is 63.4 cm³/mol. The van der Waals surface area contributed by atoms with Crippen LogP contribution < -0.4 is 4.90 Å².